The Bertz CT molecular complexity index is 633. The van der Waals surface area contributed by atoms with Gasteiger partial charge in [0.25, 0.3) is 0 Å². The molecule has 2 unspecified atom stereocenters. The molecule has 1 aromatic carbocycles. The summed E-state index contributed by atoms with van der Waals surface area (Å²) in [4.78, 5) is 23.1. The van der Waals surface area contributed by atoms with Crippen LogP contribution in [0.4, 0.5) is 0 Å². The normalized spacial score (nSPS) is 22.7. The van der Waals surface area contributed by atoms with E-state index in [4.69, 9.17) is 26.2 Å². The van der Waals surface area contributed by atoms with Crippen molar-refractivity contribution in [2.24, 2.45) is 11.8 Å². The molecular formula is C16H18ClNO5. The Labute approximate surface area is 138 Å². The molecule has 2 aliphatic rings. The third-order valence-electron chi connectivity index (χ3n) is 4.26. The number of aliphatic carboxylic acids is 1. The maximum atomic E-state index is 12.1. The first-order chi connectivity index (χ1) is 11.1. The quantitative estimate of drug-likeness (QED) is 0.878. The molecule has 1 aliphatic heterocycles. The number of nitrogens with one attached hydrogen (secondary N) is 1. The van der Waals surface area contributed by atoms with Crippen LogP contribution in [0.25, 0.3) is 0 Å². The molecule has 2 N–H and O–H groups in total. The average molecular weight is 340 g/mol. The largest absolute Gasteiger partial charge is 0.489 e. The highest BCUT2D eigenvalue weighted by atomic mass is 35.5. The van der Waals surface area contributed by atoms with Gasteiger partial charge >= 0.3 is 5.97 Å². The first-order valence-corrected chi connectivity index (χ1v) is 8.02. The summed E-state index contributed by atoms with van der Waals surface area (Å²) in [5.41, 5.74) is 0.791. The van der Waals surface area contributed by atoms with E-state index in [1.807, 2.05) is 0 Å². The van der Waals surface area contributed by atoms with Crippen LogP contribution in [0.1, 0.15) is 24.8 Å². The molecule has 1 amide bonds. The Morgan fingerprint density at radius 2 is 1.96 bits per heavy atom. The van der Waals surface area contributed by atoms with Gasteiger partial charge in [-0.3, -0.25) is 9.59 Å². The van der Waals surface area contributed by atoms with Gasteiger partial charge in [0, 0.05) is 13.0 Å². The summed E-state index contributed by atoms with van der Waals surface area (Å²) in [6.07, 6.45) is 1.96. The standard InChI is InChI=1S/C16H18ClNO5/c17-12-6-9(7-13-14(12)23-5-1-4-22-13)8-18-15(19)10-2-3-11(10)16(20)21/h6-7,10-11H,1-5,8H2,(H,18,19)(H,20,21). The number of ether oxygens (including phenoxy) is 2. The Morgan fingerprint density at radius 1 is 1.22 bits per heavy atom. The molecule has 0 radical (unpaired) electrons. The van der Waals surface area contributed by atoms with Crippen LogP contribution < -0.4 is 14.8 Å². The fraction of sp³-hybridized carbons (Fsp3) is 0.500. The van der Waals surface area contributed by atoms with Crippen LogP contribution in [0.3, 0.4) is 0 Å². The predicted octanol–water partition coefficient (Wildman–Crippen LogP) is 2.23. The van der Waals surface area contributed by atoms with Crippen molar-refractivity contribution >= 4 is 23.5 Å². The average Bonchev–Trinajstić information content (AvgIpc) is 2.69. The molecule has 124 valence electrons. The van der Waals surface area contributed by atoms with Gasteiger partial charge in [-0.25, -0.2) is 0 Å². The number of carbonyl (C=O) groups is 2. The Kier molecular flexibility index (Phi) is 4.61. The number of hydrogen-bond acceptors (Lipinski definition) is 4. The van der Waals surface area contributed by atoms with E-state index in [9.17, 15) is 9.59 Å². The molecule has 0 bridgehead atoms. The maximum Gasteiger partial charge on any atom is 0.307 e. The zero-order chi connectivity index (χ0) is 16.4. The molecular weight excluding hydrogens is 322 g/mol. The van der Waals surface area contributed by atoms with Crippen molar-refractivity contribution in [1.82, 2.24) is 5.32 Å². The van der Waals surface area contributed by atoms with Gasteiger partial charge in [-0.2, -0.15) is 0 Å². The van der Waals surface area contributed by atoms with Crippen molar-refractivity contribution in [3.8, 4) is 11.5 Å². The highest BCUT2D eigenvalue weighted by molar-refractivity contribution is 6.32. The second kappa shape index (κ2) is 6.66. The van der Waals surface area contributed by atoms with E-state index < -0.39 is 17.8 Å². The molecule has 7 heteroatoms. The number of amides is 1. The molecule has 2 atom stereocenters. The van der Waals surface area contributed by atoms with Crippen LogP contribution in [-0.2, 0) is 16.1 Å². The minimum atomic E-state index is -0.907. The molecule has 1 aromatic rings. The van der Waals surface area contributed by atoms with Gasteiger partial charge in [0.1, 0.15) is 0 Å². The molecule has 1 fully saturated rings. The lowest BCUT2D eigenvalue weighted by Crippen LogP contribution is -2.43. The van der Waals surface area contributed by atoms with Crippen LogP contribution in [-0.4, -0.2) is 30.2 Å². The summed E-state index contributed by atoms with van der Waals surface area (Å²) in [6.45, 7) is 1.39. The van der Waals surface area contributed by atoms with Crippen molar-refractivity contribution in [2.45, 2.75) is 25.8 Å². The monoisotopic (exact) mass is 339 g/mol. The van der Waals surface area contributed by atoms with Crippen LogP contribution in [0.2, 0.25) is 5.02 Å². The van der Waals surface area contributed by atoms with Gasteiger partial charge in [0.2, 0.25) is 5.91 Å². The highest BCUT2D eigenvalue weighted by Gasteiger charge is 2.41. The van der Waals surface area contributed by atoms with Gasteiger partial charge in [0.05, 0.1) is 30.1 Å². The molecule has 1 heterocycles. The molecule has 1 aliphatic carbocycles. The number of carboxylic acids is 1. The smallest absolute Gasteiger partial charge is 0.307 e. The van der Waals surface area contributed by atoms with E-state index in [1.165, 1.54) is 0 Å². The third kappa shape index (κ3) is 3.37. The number of rotatable bonds is 4. The van der Waals surface area contributed by atoms with Gasteiger partial charge in [-0.15, -0.1) is 0 Å². The lowest BCUT2D eigenvalue weighted by atomic mass is 9.73. The molecule has 0 saturated heterocycles. The lowest BCUT2D eigenvalue weighted by Gasteiger charge is -2.31. The molecule has 0 aromatic heterocycles. The fourth-order valence-corrected chi connectivity index (χ4v) is 3.10. The summed E-state index contributed by atoms with van der Waals surface area (Å²) in [5.74, 6) is -1.04. The van der Waals surface area contributed by atoms with Crippen LogP contribution >= 0.6 is 11.6 Å². The van der Waals surface area contributed by atoms with Crippen LogP contribution in [0.5, 0.6) is 11.5 Å². The van der Waals surface area contributed by atoms with E-state index in [0.29, 0.717) is 42.6 Å². The number of halogens is 1. The number of benzene rings is 1. The first kappa shape index (κ1) is 15.9. The molecule has 23 heavy (non-hydrogen) atoms. The Balaban J connectivity index is 1.64. The van der Waals surface area contributed by atoms with E-state index in [0.717, 1.165) is 12.0 Å². The summed E-state index contributed by atoms with van der Waals surface area (Å²) < 4.78 is 11.2. The minimum absolute atomic E-state index is 0.230. The van der Waals surface area contributed by atoms with Crippen molar-refractivity contribution in [3.63, 3.8) is 0 Å². The Hall–Kier alpha value is -1.95. The summed E-state index contributed by atoms with van der Waals surface area (Å²) >= 11 is 6.21. The predicted molar refractivity (Wildman–Crippen MR) is 82.8 cm³/mol. The molecule has 6 nitrogen and oxygen atoms in total. The third-order valence-corrected chi connectivity index (χ3v) is 4.54. The molecule has 0 spiro atoms. The van der Waals surface area contributed by atoms with Crippen LogP contribution in [0.15, 0.2) is 12.1 Å². The van der Waals surface area contributed by atoms with E-state index in [2.05, 4.69) is 5.32 Å². The van der Waals surface area contributed by atoms with Crippen molar-refractivity contribution < 1.29 is 24.2 Å². The van der Waals surface area contributed by atoms with E-state index in [-0.39, 0.29) is 12.5 Å². The highest BCUT2D eigenvalue weighted by Crippen LogP contribution is 2.38. The zero-order valence-corrected chi connectivity index (χ0v) is 13.3. The SMILES string of the molecule is O=C(O)C1CCC1C(=O)NCc1cc(Cl)c2c(c1)OCCCO2. The van der Waals surface area contributed by atoms with Crippen molar-refractivity contribution in [1.29, 1.82) is 0 Å². The minimum Gasteiger partial charge on any atom is -0.489 e. The number of carboxylic acid groups (broad SMARTS) is 1. The first-order valence-electron chi connectivity index (χ1n) is 7.65. The molecule has 1 saturated carbocycles. The number of fused-ring (bicyclic) bond motifs is 1. The number of carbonyl (C=O) groups excluding carboxylic acids is 1. The van der Waals surface area contributed by atoms with Gasteiger partial charge in [-0.1, -0.05) is 11.6 Å². The van der Waals surface area contributed by atoms with Gasteiger partial charge in [0.15, 0.2) is 11.5 Å². The summed E-state index contributed by atoms with van der Waals surface area (Å²) in [6, 6.07) is 3.52. The summed E-state index contributed by atoms with van der Waals surface area (Å²) in [5, 5.41) is 12.2. The maximum absolute atomic E-state index is 12.1. The zero-order valence-electron chi connectivity index (χ0n) is 12.5. The molecule has 3 rings (SSSR count). The summed E-state index contributed by atoms with van der Waals surface area (Å²) in [7, 11) is 0. The van der Waals surface area contributed by atoms with Crippen molar-refractivity contribution in [3.05, 3.63) is 22.7 Å². The second-order valence-corrected chi connectivity index (χ2v) is 6.21. The number of hydrogen-bond donors (Lipinski definition) is 2. The second-order valence-electron chi connectivity index (χ2n) is 5.80. The fourth-order valence-electron chi connectivity index (χ4n) is 2.82. The van der Waals surface area contributed by atoms with Gasteiger partial charge < -0.3 is 19.9 Å². The van der Waals surface area contributed by atoms with Crippen LogP contribution in [0, 0.1) is 11.8 Å². The Morgan fingerprint density at radius 3 is 2.65 bits per heavy atom. The lowest BCUT2D eigenvalue weighted by molar-refractivity contribution is -0.152. The van der Waals surface area contributed by atoms with Gasteiger partial charge in [-0.05, 0) is 30.5 Å². The topological polar surface area (TPSA) is 84.9 Å². The van der Waals surface area contributed by atoms with E-state index in [1.54, 1.807) is 12.1 Å². The van der Waals surface area contributed by atoms with E-state index >= 15 is 0 Å². The van der Waals surface area contributed by atoms with Crippen molar-refractivity contribution in [2.75, 3.05) is 13.2 Å².